The third-order valence-corrected chi connectivity index (χ3v) is 4.62. The van der Waals surface area contributed by atoms with Gasteiger partial charge in [-0.05, 0) is 48.8 Å². The van der Waals surface area contributed by atoms with Gasteiger partial charge >= 0.3 is 6.09 Å². The van der Waals surface area contributed by atoms with Crippen LogP contribution in [0.15, 0.2) is 35.1 Å². The van der Waals surface area contributed by atoms with Crippen LogP contribution in [0.1, 0.15) is 26.5 Å². The van der Waals surface area contributed by atoms with E-state index >= 15 is 0 Å². The number of halogens is 1. The van der Waals surface area contributed by atoms with Crippen molar-refractivity contribution in [2.24, 2.45) is 0 Å². The Bertz CT molecular complexity index is 901. The predicted molar refractivity (Wildman–Crippen MR) is 109 cm³/mol. The van der Waals surface area contributed by atoms with Gasteiger partial charge in [0.1, 0.15) is 11.1 Å². The second kappa shape index (κ2) is 7.64. The zero-order valence-corrected chi connectivity index (χ0v) is 17.1. The molecule has 1 aromatic carbocycles. The van der Waals surface area contributed by atoms with Gasteiger partial charge in [0, 0.05) is 35.5 Å². The van der Waals surface area contributed by atoms with Crippen LogP contribution in [-0.2, 0) is 4.74 Å². The minimum absolute atomic E-state index is 0.118. The third kappa shape index (κ3) is 4.63. The van der Waals surface area contributed by atoms with Crippen molar-refractivity contribution in [3.63, 3.8) is 0 Å². The maximum atomic E-state index is 12.0. The average Bonchev–Trinajstić information content (AvgIpc) is 2.55. The second-order valence-electron chi connectivity index (χ2n) is 7.36. The van der Waals surface area contributed by atoms with E-state index in [0.29, 0.717) is 24.4 Å². The monoisotopic (exact) mass is 431 g/mol. The van der Waals surface area contributed by atoms with Crippen LogP contribution in [0.5, 0.6) is 0 Å². The molecule has 1 saturated heterocycles. The number of carbonyl (C=O) groups is 1. The second-order valence-corrected chi connectivity index (χ2v) is 8.21. The fourth-order valence-corrected chi connectivity index (χ4v) is 3.04. The average molecular weight is 432 g/mol. The normalized spacial score (nSPS) is 15.4. The Labute approximate surface area is 166 Å². The molecule has 0 unspecified atom stereocenters. The summed E-state index contributed by atoms with van der Waals surface area (Å²) < 4.78 is 6.20. The minimum Gasteiger partial charge on any atom is -0.444 e. The molecule has 142 valence electrons. The van der Waals surface area contributed by atoms with E-state index < -0.39 is 5.60 Å². The van der Waals surface area contributed by atoms with Gasteiger partial charge in [-0.15, -0.1) is 0 Å². The molecule has 2 N–H and O–H groups in total. The Kier molecular flexibility index (Phi) is 5.46. The maximum absolute atomic E-state index is 12.0. The SMILES string of the molecule is CC(C)(C)OC(=O)N1CC(N/C=C(\C=N)c2cnc3cccc(Br)c3n2)C1. The number of aromatic nitrogens is 2. The summed E-state index contributed by atoms with van der Waals surface area (Å²) in [5.41, 5.74) is 2.28. The summed E-state index contributed by atoms with van der Waals surface area (Å²) in [5.74, 6) is 0. The first-order valence-corrected chi connectivity index (χ1v) is 9.42. The van der Waals surface area contributed by atoms with Crippen molar-refractivity contribution >= 4 is 44.8 Å². The number of rotatable bonds is 4. The van der Waals surface area contributed by atoms with Crippen molar-refractivity contribution < 1.29 is 9.53 Å². The molecule has 7 nitrogen and oxygen atoms in total. The van der Waals surface area contributed by atoms with Gasteiger partial charge in [0.2, 0.25) is 0 Å². The number of allylic oxidation sites excluding steroid dienone is 1. The molecule has 0 spiro atoms. The lowest BCUT2D eigenvalue weighted by molar-refractivity contribution is 0.00662. The molecule has 1 aromatic heterocycles. The van der Waals surface area contributed by atoms with Crippen LogP contribution in [0.4, 0.5) is 4.79 Å². The first kappa shape index (κ1) is 19.3. The number of hydrogen-bond donors (Lipinski definition) is 2. The number of nitrogens with one attached hydrogen (secondary N) is 2. The van der Waals surface area contributed by atoms with Crippen molar-refractivity contribution in [3.05, 3.63) is 40.8 Å². The van der Waals surface area contributed by atoms with Crippen molar-refractivity contribution in [3.8, 4) is 0 Å². The van der Waals surface area contributed by atoms with Crippen LogP contribution in [0.2, 0.25) is 0 Å². The molecule has 1 aliphatic rings. The highest BCUT2D eigenvalue weighted by atomic mass is 79.9. The summed E-state index contributed by atoms with van der Waals surface area (Å²) in [5, 5.41) is 10.9. The van der Waals surface area contributed by atoms with Gasteiger partial charge < -0.3 is 20.4 Å². The quantitative estimate of drug-likeness (QED) is 0.721. The van der Waals surface area contributed by atoms with E-state index in [0.717, 1.165) is 15.5 Å². The molecular weight excluding hydrogens is 410 g/mol. The summed E-state index contributed by atoms with van der Waals surface area (Å²) in [7, 11) is 0. The number of para-hydroxylation sites is 1. The first-order valence-electron chi connectivity index (χ1n) is 8.63. The Balaban J connectivity index is 1.64. The van der Waals surface area contributed by atoms with Crippen LogP contribution in [0, 0.1) is 5.41 Å². The molecule has 3 rings (SSSR count). The molecule has 8 heteroatoms. The molecule has 1 amide bonds. The van der Waals surface area contributed by atoms with E-state index in [-0.39, 0.29) is 12.1 Å². The topological polar surface area (TPSA) is 91.2 Å². The molecule has 0 radical (unpaired) electrons. The molecule has 27 heavy (non-hydrogen) atoms. The highest BCUT2D eigenvalue weighted by Crippen LogP contribution is 2.22. The Morgan fingerprint density at radius 1 is 1.41 bits per heavy atom. The lowest BCUT2D eigenvalue weighted by Crippen LogP contribution is -2.59. The molecule has 0 bridgehead atoms. The maximum Gasteiger partial charge on any atom is 0.410 e. The molecule has 0 aliphatic carbocycles. The van der Waals surface area contributed by atoms with Crippen LogP contribution in [0.3, 0.4) is 0 Å². The van der Waals surface area contributed by atoms with Gasteiger partial charge in [0.05, 0.1) is 23.4 Å². The van der Waals surface area contributed by atoms with E-state index in [1.807, 2.05) is 39.0 Å². The number of amides is 1. The van der Waals surface area contributed by atoms with E-state index in [2.05, 4.69) is 31.2 Å². The molecule has 2 aromatic rings. The standard InChI is InChI=1S/C19H22BrN5O2/c1-19(2,3)27-18(26)25-10-13(11-25)22-8-12(7-21)16-9-23-15-6-4-5-14(20)17(15)24-16/h4-9,13,21-22H,10-11H2,1-3H3/b12-8+,21-7?. The van der Waals surface area contributed by atoms with Gasteiger partial charge in [-0.1, -0.05) is 6.07 Å². The number of nitrogens with zero attached hydrogens (tertiary/aromatic N) is 3. The van der Waals surface area contributed by atoms with Gasteiger partial charge in [-0.3, -0.25) is 4.98 Å². The lowest BCUT2D eigenvalue weighted by Gasteiger charge is -2.39. The smallest absolute Gasteiger partial charge is 0.410 e. The minimum atomic E-state index is -0.494. The summed E-state index contributed by atoms with van der Waals surface area (Å²) in [4.78, 5) is 22.6. The Hall–Kier alpha value is -2.48. The molecule has 1 aliphatic heterocycles. The highest BCUT2D eigenvalue weighted by molar-refractivity contribution is 9.10. The third-order valence-electron chi connectivity index (χ3n) is 3.98. The van der Waals surface area contributed by atoms with Crippen molar-refractivity contribution in [2.75, 3.05) is 13.1 Å². The number of ether oxygens (including phenoxy) is 1. The number of carbonyl (C=O) groups excluding carboxylic acids is 1. The van der Waals surface area contributed by atoms with Gasteiger partial charge in [-0.25, -0.2) is 9.78 Å². The zero-order valence-electron chi connectivity index (χ0n) is 15.5. The molecule has 0 saturated carbocycles. The molecule has 0 atom stereocenters. The Morgan fingerprint density at radius 2 is 2.15 bits per heavy atom. The van der Waals surface area contributed by atoms with Crippen molar-refractivity contribution in [2.45, 2.75) is 32.4 Å². The summed E-state index contributed by atoms with van der Waals surface area (Å²) >= 11 is 3.48. The van der Waals surface area contributed by atoms with E-state index in [1.165, 1.54) is 6.21 Å². The predicted octanol–water partition coefficient (Wildman–Crippen LogP) is 3.59. The van der Waals surface area contributed by atoms with Crippen LogP contribution >= 0.6 is 15.9 Å². The van der Waals surface area contributed by atoms with Gasteiger partial charge in [0.25, 0.3) is 0 Å². The Morgan fingerprint density at radius 3 is 2.81 bits per heavy atom. The first-order chi connectivity index (χ1) is 12.8. The van der Waals surface area contributed by atoms with Crippen LogP contribution < -0.4 is 5.32 Å². The van der Waals surface area contributed by atoms with E-state index in [9.17, 15) is 4.79 Å². The highest BCUT2D eigenvalue weighted by Gasteiger charge is 2.33. The van der Waals surface area contributed by atoms with E-state index in [4.69, 9.17) is 10.1 Å². The summed E-state index contributed by atoms with van der Waals surface area (Å²) in [6.45, 7) is 6.67. The van der Waals surface area contributed by atoms with E-state index in [1.54, 1.807) is 17.3 Å². The fourth-order valence-electron chi connectivity index (χ4n) is 2.59. The largest absolute Gasteiger partial charge is 0.444 e. The van der Waals surface area contributed by atoms with Crippen LogP contribution in [-0.4, -0.2) is 51.9 Å². The van der Waals surface area contributed by atoms with Crippen molar-refractivity contribution in [1.82, 2.24) is 20.2 Å². The zero-order chi connectivity index (χ0) is 19.6. The van der Waals surface area contributed by atoms with Crippen LogP contribution in [0.25, 0.3) is 16.6 Å². The molecule has 1 fully saturated rings. The molecule has 2 heterocycles. The van der Waals surface area contributed by atoms with Gasteiger partial charge in [-0.2, -0.15) is 0 Å². The fraction of sp³-hybridized carbons (Fsp3) is 0.368. The van der Waals surface area contributed by atoms with Gasteiger partial charge in [0.15, 0.2) is 0 Å². The summed E-state index contributed by atoms with van der Waals surface area (Å²) in [6, 6.07) is 5.82. The summed E-state index contributed by atoms with van der Waals surface area (Å²) in [6.07, 6.45) is 4.34. The number of benzene rings is 1. The molecular formula is C19H22BrN5O2. The lowest BCUT2D eigenvalue weighted by atomic mass is 10.1. The number of likely N-dealkylation sites (tertiary alicyclic amines) is 1. The number of fused-ring (bicyclic) bond motifs is 1. The van der Waals surface area contributed by atoms with Crippen molar-refractivity contribution in [1.29, 1.82) is 5.41 Å². The number of hydrogen-bond acceptors (Lipinski definition) is 6.